The van der Waals surface area contributed by atoms with Crippen LogP contribution in [0.5, 0.6) is 17.2 Å². The van der Waals surface area contributed by atoms with Crippen molar-refractivity contribution in [2.24, 2.45) is 0 Å². The van der Waals surface area contributed by atoms with Gasteiger partial charge in [-0.05, 0) is 60.9 Å². The zero-order valence-corrected chi connectivity index (χ0v) is 25.1. The second kappa shape index (κ2) is 13.2. The van der Waals surface area contributed by atoms with Crippen molar-refractivity contribution in [1.29, 1.82) is 0 Å². The number of nitrogens with zero attached hydrogens (tertiary/aromatic N) is 2. The monoisotopic (exact) mass is 604 g/mol. The van der Waals surface area contributed by atoms with Gasteiger partial charge in [-0.1, -0.05) is 56.2 Å². The number of unbranched alkanes of at least 4 members (excludes halogenated alkanes) is 2. The zero-order valence-electron chi connectivity index (χ0n) is 24.3. The molecule has 2 heterocycles. The van der Waals surface area contributed by atoms with Crippen LogP contribution in [0.3, 0.4) is 0 Å². The number of ketones is 1. The molecule has 4 aromatic rings. The van der Waals surface area contributed by atoms with Gasteiger partial charge >= 0.3 is 5.91 Å². The molecule has 1 aliphatic heterocycles. The molecule has 0 bridgehead atoms. The van der Waals surface area contributed by atoms with Crippen LogP contribution >= 0.6 is 11.3 Å². The molecule has 0 radical (unpaired) electrons. The first-order valence-electron chi connectivity index (χ1n) is 14.3. The summed E-state index contributed by atoms with van der Waals surface area (Å²) >= 11 is 1.08. The Bertz CT molecular complexity index is 1680. The van der Waals surface area contributed by atoms with Crippen LogP contribution in [-0.4, -0.2) is 42.1 Å². The van der Waals surface area contributed by atoms with Gasteiger partial charge in [0.1, 0.15) is 17.3 Å². The first-order valence-corrected chi connectivity index (χ1v) is 15.1. The fourth-order valence-electron chi connectivity index (χ4n) is 4.95. The van der Waals surface area contributed by atoms with E-state index in [2.05, 4.69) is 11.9 Å². The molecule has 1 amide bonds. The van der Waals surface area contributed by atoms with Gasteiger partial charge in [0.05, 0.1) is 42.2 Å². The maximum atomic E-state index is 14.0. The maximum Gasteiger partial charge on any atom is 0.301 e. The average molecular weight is 605 g/mol. The topological polar surface area (TPSA) is 98.2 Å². The van der Waals surface area contributed by atoms with Gasteiger partial charge in [0.25, 0.3) is 5.78 Å². The number of hydrogen-bond donors (Lipinski definition) is 1. The number of Topliss-reactive ketones (excluding diaryl/α,β-unsaturated/α-hetero) is 1. The molecular weight excluding hydrogens is 571 g/mol. The molecule has 224 valence electrons. The van der Waals surface area contributed by atoms with Crippen LogP contribution < -0.4 is 19.1 Å². The molecule has 0 saturated carbocycles. The van der Waals surface area contributed by atoms with E-state index in [0.717, 1.165) is 37.0 Å². The largest absolute Gasteiger partial charge is 0.507 e. The SMILES string of the molecule is CCCCCOc1ccc(C2/C(=C(\O)c3cccc(OCCC)c3)C(=O)C(=O)N2c2nc3ccc(F)cc3s2)cc1OC. The second-order valence-corrected chi connectivity index (χ2v) is 11.1. The molecule has 1 unspecified atom stereocenters. The number of fused-ring (bicyclic) bond motifs is 1. The van der Waals surface area contributed by atoms with E-state index in [0.29, 0.717) is 51.8 Å². The summed E-state index contributed by atoms with van der Waals surface area (Å²) in [6.45, 7) is 5.10. The number of hydrogen-bond acceptors (Lipinski definition) is 8. The fourth-order valence-corrected chi connectivity index (χ4v) is 5.97. The molecule has 0 spiro atoms. The lowest BCUT2D eigenvalue weighted by Crippen LogP contribution is -2.29. The Morgan fingerprint density at radius 3 is 2.58 bits per heavy atom. The third kappa shape index (κ3) is 6.19. The van der Waals surface area contributed by atoms with Gasteiger partial charge in [-0.3, -0.25) is 14.5 Å². The second-order valence-electron chi connectivity index (χ2n) is 10.1. The van der Waals surface area contributed by atoms with E-state index < -0.39 is 23.5 Å². The van der Waals surface area contributed by atoms with Crippen molar-refractivity contribution in [3.63, 3.8) is 0 Å². The van der Waals surface area contributed by atoms with Crippen molar-refractivity contribution < 1.29 is 33.3 Å². The van der Waals surface area contributed by atoms with Gasteiger partial charge in [-0.25, -0.2) is 9.37 Å². The number of benzene rings is 3. The van der Waals surface area contributed by atoms with E-state index in [4.69, 9.17) is 14.2 Å². The quantitative estimate of drug-likeness (QED) is 0.0777. The summed E-state index contributed by atoms with van der Waals surface area (Å²) in [7, 11) is 1.51. The molecule has 0 aliphatic carbocycles. The molecule has 1 aromatic heterocycles. The van der Waals surface area contributed by atoms with Gasteiger partial charge in [0.15, 0.2) is 16.6 Å². The number of methoxy groups -OCH3 is 1. The number of carbonyl (C=O) groups excluding carboxylic acids is 2. The van der Waals surface area contributed by atoms with Gasteiger partial charge in [0, 0.05) is 5.56 Å². The first kappa shape index (κ1) is 30.0. The van der Waals surface area contributed by atoms with Crippen LogP contribution in [0, 0.1) is 5.82 Å². The van der Waals surface area contributed by atoms with Crippen molar-refractivity contribution in [1.82, 2.24) is 4.98 Å². The molecule has 10 heteroatoms. The van der Waals surface area contributed by atoms with Gasteiger partial charge in [-0.15, -0.1) is 0 Å². The van der Waals surface area contributed by atoms with E-state index in [1.54, 1.807) is 42.5 Å². The smallest absolute Gasteiger partial charge is 0.301 e. The van der Waals surface area contributed by atoms with E-state index in [1.165, 1.54) is 30.2 Å². The normalized spacial score (nSPS) is 16.2. The molecule has 1 atom stereocenters. The van der Waals surface area contributed by atoms with Crippen LogP contribution in [0.1, 0.15) is 56.7 Å². The standard InChI is InChI=1S/C33H33FN2O6S/c1-4-6-7-16-42-25-14-11-20(18-26(25)40-3)29-28(30(37)21-9-8-10-23(17-21)41-15-5-2)31(38)32(39)36(29)33-35-24-13-12-22(34)19-27(24)43-33/h8-14,17-19,29,37H,4-7,15-16H2,1-3H3/b30-28+. The van der Waals surface area contributed by atoms with Crippen LogP contribution in [0.25, 0.3) is 16.0 Å². The van der Waals surface area contributed by atoms with E-state index in [-0.39, 0.29) is 16.5 Å². The van der Waals surface area contributed by atoms with Crippen molar-refractivity contribution >= 4 is 44.1 Å². The highest BCUT2D eigenvalue weighted by atomic mass is 32.1. The molecule has 1 saturated heterocycles. The lowest BCUT2D eigenvalue weighted by molar-refractivity contribution is -0.132. The van der Waals surface area contributed by atoms with Gasteiger partial charge in [0.2, 0.25) is 0 Å². The molecule has 1 N–H and O–H groups in total. The van der Waals surface area contributed by atoms with E-state index in [9.17, 15) is 19.1 Å². The van der Waals surface area contributed by atoms with E-state index >= 15 is 0 Å². The Hall–Kier alpha value is -4.44. The summed E-state index contributed by atoms with van der Waals surface area (Å²) in [4.78, 5) is 33.1. The van der Waals surface area contributed by atoms with Crippen molar-refractivity contribution in [3.05, 3.63) is 83.2 Å². The molecule has 1 aliphatic rings. The first-order chi connectivity index (χ1) is 20.9. The predicted molar refractivity (Wildman–Crippen MR) is 165 cm³/mol. The van der Waals surface area contributed by atoms with Crippen molar-refractivity contribution in [3.8, 4) is 17.2 Å². The summed E-state index contributed by atoms with van der Waals surface area (Å²) in [5.74, 6) is -1.05. The average Bonchev–Trinajstić information content (AvgIpc) is 3.55. The minimum absolute atomic E-state index is 0.109. The number of aliphatic hydroxyl groups is 1. The summed E-state index contributed by atoms with van der Waals surface area (Å²) in [6.07, 6.45) is 3.78. The Balaban J connectivity index is 1.64. The van der Waals surface area contributed by atoms with Crippen LogP contribution in [0.15, 0.2) is 66.2 Å². The van der Waals surface area contributed by atoms with Gasteiger partial charge < -0.3 is 19.3 Å². The number of aromatic nitrogens is 1. The fraction of sp³-hybridized carbons (Fsp3) is 0.303. The van der Waals surface area contributed by atoms with Crippen LogP contribution in [0.4, 0.5) is 9.52 Å². The third-order valence-electron chi connectivity index (χ3n) is 7.08. The molecule has 43 heavy (non-hydrogen) atoms. The molecule has 1 fully saturated rings. The van der Waals surface area contributed by atoms with Crippen molar-refractivity contribution in [2.75, 3.05) is 25.2 Å². The predicted octanol–water partition coefficient (Wildman–Crippen LogP) is 7.43. The highest BCUT2D eigenvalue weighted by Crippen LogP contribution is 2.46. The molecule has 5 rings (SSSR count). The lowest BCUT2D eigenvalue weighted by atomic mass is 9.95. The number of rotatable bonds is 12. The number of amides is 1. The molecule has 3 aromatic carbocycles. The lowest BCUT2D eigenvalue weighted by Gasteiger charge is -2.24. The summed E-state index contributed by atoms with van der Waals surface area (Å²) in [6, 6.07) is 15.0. The number of ether oxygens (including phenoxy) is 3. The van der Waals surface area contributed by atoms with Crippen LogP contribution in [-0.2, 0) is 9.59 Å². The number of carbonyl (C=O) groups is 2. The number of halogens is 1. The molecular formula is C33H33FN2O6S. The van der Waals surface area contributed by atoms with Crippen LogP contribution in [0.2, 0.25) is 0 Å². The highest BCUT2D eigenvalue weighted by molar-refractivity contribution is 7.22. The van der Waals surface area contributed by atoms with Crippen molar-refractivity contribution in [2.45, 2.75) is 45.6 Å². The summed E-state index contributed by atoms with van der Waals surface area (Å²) < 4.78 is 31.8. The summed E-state index contributed by atoms with van der Waals surface area (Å²) in [5, 5.41) is 11.8. The maximum absolute atomic E-state index is 14.0. The minimum atomic E-state index is -1.05. The molecule has 8 nitrogen and oxygen atoms in total. The number of aliphatic hydroxyl groups excluding tert-OH is 1. The minimum Gasteiger partial charge on any atom is -0.507 e. The highest BCUT2D eigenvalue weighted by Gasteiger charge is 2.48. The number of thiazole rings is 1. The Morgan fingerprint density at radius 1 is 0.977 bits per heavy atom. The van der Waals surface area contributed by atoms with Gasteiger partial charge in [-0.2, -0.15) is 0 Å². The van der Waals surface area contributed by atoms with E-state index in [1.807, 2.05) is 6.92 Å². The summed E-state index contributed by atoms with van der Waals surface area (Å²) in [5.41, 5.74) is 1.20. The Kier molecular flexibility index (Phi) is 9.25. The number of anilines is 1. The Labute approximate surface area is 253 Å². The Morgan fingerprint density at radius 2 is 1.81 bits per heavy atom. The zero-order chi connectivity index (χ0) is 30.5. The third-order valence-corrected chi connectivity index (χ3v) is 8.10.